The zero-order chi connectivity index (χ0) is 25.2. The highest BCUT2D eigenvalue weighted by Crippen LogP contribution is 2.20. The molecule has 0 spiro atoms. The van der Waals surface area contributed by atoms with Crippen LogP contribution in [0.15, 0.2) is 83.3 Å². The van der Waals surface area contributed by atoms with Crippen LogP contribution < -0.4 is 5.32 Å². The predicted molar refractivity (Wildman–Crippen MR) is 144 cm³/mol. The number of amides is 2. The highest BCUT2D eigenvalue weighted by molar-refractivity contribution is 9.10. The monoisotopic (exact) mass is 556 g/mol. The Balaban J connectivity index is 1.83. The molecule has 0 fully saturated rings. The largest absolute Gasteiger partial charge is 0.352 e. The lowest BCUT2D eigenvalue weighted by atomic mass is 10.0. The van der Waals surface area contributed by atoms with Gasteiger partial charge in [0.15, 0.2) is 0 Å². The number of carbonyl (C=O) groups is 2. The van der Waals surface area contributed by atoms with Crippen LogP contribution in [0.1, 0.15) is 30.5 Å². The molecule has 1 N–H and O–H groups in total. The van der Waals surface area contributed by atoms with E-state index in [-0.39, 0.29) is 29.4 Å². The normalized spacial score (nSPS) is 11.8. The number of nitrogens with one attached hydrogen (secondary N) is 1. The number of halogens is 2. The van der Waals surface area contributed by atoms with Crippen molar-refractivity contribution in [1.29, 1.82) is 0 Å². The van der Waals surface area contributed by atoms with E-state index >= 15 is 0 Å². The Labute approximate surface area is 219 Å². The Bertz CT molecular complexity index is 1090. The minimum Gasteiger partial charge on any atom is -0.352 e. The van der Waals surface area contributed by atoms with E-state index < -0.39 is 6.04 Å². The summed E-state index contributed by atoms with van der Waals surface area (Å²) >= 11 is 4.91. The van der Waals surface area contributed by atoms with Crippen LogP contribution in [-0.4, -0.2) is 34.6 Å². The molecule has 0 aromatic heterocycles. The van der Waals surface area contributed by atoms with Crippen molar-refractivity contribution in [3.8, 4) is 0 Å². The van der Waals surface area contributed by atoms with Crippen LogP contribution in [-0.2, 0) is 28.3 Å². The van der Waals surface area contributed by atoms with Crippen molar-refractivity contribution in [2.24, 2.45) is 0 Å². The highest BCUT2D eigenvalue weighted by Gasteiger charge is 2.30. The van der Waals surface area contributed by atoms with Crippen molar-refractivity contribution >= 4 is 39.5 Å². The fourth-order valence-corrected chi connectivity index (χ4v) is 4.78. The van der Waals surface area contributed by atoms with E-state index in [1.165, 1.54) is 23.9 Å². The van der Waals surface area contributed by atoms with E-state index in [1.54, 1.807) is 17.0 Å². The van der Waals surface area contributed by atoms with Gasteiger partial charge in [0.05, 0.1) is 5.75 Å². The number of hydrogen-bond acceptors (Lipinski definition) is 3. The molecule has 35 heavy (non-hydrogen) atoms. The SMILES string of the molecule is CC(C)NC(=O)[C@@H](Cc1ccccc1)N(Cc1ccc(Br)cc1)C(=O)CSCc1ccc(F)cc1. The fourth-order valence-electron chi connectivity index (χ4n) is 3.64. The number of carbonyl (C=O) groups excluding carboxylic acids is 2. The van der Waals surface area contributed by atoms with E-state index in [9.17, 15) is 14.0 Å². The van der Waals surface area contributed by atoms with Crippen LogP contribution >= 0.6 is 27.7 Å². The third-order valence-electron chi connectivity index (χ3n) is 5.38. The summed E-state index contributed by atoms with van der Waals surface area (Å²) in [5.74, 6) is 0.238. The van der Waals surface area contributed by atoms with E-state index in [2.05, 4.69) is 21.2 Å². The summed E-state index contributed by atoms with van der Waals surface area (Å²) < 4.78 is 14.2. The van der Waals surface area contributed by atoms with Crippen molar-refractivity contribution in [3.63, 3.8) is 0 Å². The number of benzene rings is 3. The molecule has 0 aliphatic carbocycles. The fraction of sp³-hybridized carbons (Fsp3) is 0.286. The van der Waals surface area contributed by atoms with Crippen LogP contribution in [0.5, 0.6) is 0 Å². The lowest BCUT2D eigenvalue weighted by Crippen LogP contribution is -2.52. The second kappa shape index (κ2) is 13.4. The summed E-state index contributed by atoms with van der Waals surface area (Å²) in [4.78, 5) is 28.5. The molecule has 3 aromatic rings. The summed E-state index contributed by atoms with van der Waals surface area (Å²) in [5.41, 5.74) is 2.88. The Morgan fingerprint density at radius 1 is 0.914 bits per heavy atom. The summed E-state index contributed by atoms with van der Waals surface area (Å²) in [7, 11) is 0. The van der Waals surface area contributed by atoms with E-state index in [0.29, 0.717) is 18.7 Å². The van der Waals surface area contributed by atoms with Gasteiger partial charge in [-0.15, -0.1) is 11.8 Å². The van der Waals surface area contributed by atoms with Crippen molar-refractivity contribution < 1.29 is 14.0 Å². The molecule has 184 valence electrons. The highest BCUT2D eigenvalue weighted by atomic mass is 79.9. The molecule has 7 heteroatoms. The smallest absolute Gasteiger partial charge is 0.243 e. The summed E-state index contributed by atoms with van der Waals surface area (Å²) in [6.45, 7) is 4.15. The van der Waals surface area contributed by atoms with Gasteiger partial charge in [0, 0.05) is 29.2 Å². The first kappa shape index (κ1) is 27.0. The van der Waals surface area contributed by atoms with Gasteiger partial charge >= 0.3 is 0 Å². The molecule has 0 saturated heterocycles. The van der Waals surface area contributed by atoms with Gasteiger partial charge in [-0.1, -0.05) is 70.5 Å². The van der Waals surface area contributed by atoms with Crippen molar-refractivity contribution in [1.82, 2.24) is 10.2 Å². The standard InChI is InChI=1S/C28H30BrFN2O2S/c1-20(2)31-28(34)26(16-21-6-4-3-5-7-21)32(17-22-8-12-24(29)13-9-22)27(33)19-35-18-23-10-14-25(30)15-11-23/h3-15,20,26H,16-19H2,1-2H3,(H,31,34)/t26-/m1/s1. The van der Waals surface area contributed by atoms with E-state index in [0.717, 1.165) is 21.2 Å². The first-order valence-electron chi connectivity index (χ1n) is 11.5. The van der Waals surface area contributed by atoms with Crippen molar-refractivity contribution in [2.75, 3.05) is 5.75 Å². The Morgan fingerprint density at radius 3 is 2.17 bits per heavy atom. The maximum atomic E-state index is 13.5. The topological polar surface area (TPSA) is 49.4 Å². The quantitative estimate of drug-likeness (QED) is 0.315. The average molecular weight is 558 g/mol. The molecule has 0 heterocycles. The third kappa shape index (κ3) is 8.82. The van der Waals surface area contributed by atoms with Crippen LogP contribution in [0.4, 0.5) is 4.39 Å². The Hall–Kier alpha value is -2.64. The van der Waals surface area contributed by atoms with Crippen LogP contribution in [0.3, 0.4) is 0 Å². The maximum absolute atomic E-state index is 13.5. The average Bonchev–Trinajstić information content (AvgIpc) is 2.84. The van der Waals surface area contributed by atoms with Crippen molar-refractivity contribution in [2.45, 2.75) is 44.6 Å². The van der Waals surface area contributed by atoms with Gasteiger partial charge in [0.25, 0.3) is 0 Å². The third-order valence-corrected chi connectivity index (χ3v) is 6.89. The summed E-state index contributed by atoms with van der Waals surface area (Å²) in [5, 5.41) is 3.00. The number of rotatable bonds is 11. The van der Waals surface area contributed by atoms with Crippen LogP contribution in [0.2, 0.25) is 0 Å². The molecular weight excluding hydrogens is 527 g/mol. The second-order valence-corrected chi connectivity index (χ2v) is 10.5. The van der Waals surface area contributed by atoms with Crippen molar-refractivity contribution in [3.05, 3.63) is 106 Å². The molecule has 0 aliphatic rings. The van der Waals surface area contributed by atoms with Gasteiger partial charge in [-0.2, -0.15) is 0 Å². The molecule has 4 nitrogen and oxygen atoms in total. The van der Waals surface area contributed by atoms with Crippen LogP contribution in [0, 0.1) is 5.82 Å². The Morgan fingerprint density at radius 2 is 1.54 bits per heavy atom. The molecule has 3 aromatic carbocycles. The number of nitrogens with zero attached hydrogens (tertiary/aromatic N) is 1. The first-order valence-corrected chi connectivity index (χ1v) is 13.5. The molecule has 3 rings (SSSR count). The predicted octanol–water partition coefficient (Wildman–Crippen LogP) is 5.99. The van der Waals surface area contributed by atoms with Gasteiger partial charge < -0.3 is 10.2 Å². The first-order chi connectivity index (χ1) is 16.8. The van der Waals surface area contributed by atoms with Gasteiger partial charge in [-0.3, -0.25) is 9.59 Å². The molecule has 0 bridgehead atoms. The molecule has 1 atom stereocenters. The molecule has 0 aliphatic heterocycles. The Kier molecular flexibility index (Phi) is 10.4. The van der Waals surface area contributed by atoms with E-state index in [1.807, 2.05) is 68.4 Å². The zero-order valence-corrected chi connectivity index (χ0v) is 22.3. The van der Waals surface area contributed by atoms with Gasteiger partial charge in [0.2, 0.25) is 11.8 Å². The number of thioether (sulfide) groups is 1. The second-order valence-electron chi connectivity index (χ2n) is 8.64. The van der Waals surface area contributed by atoms with Gasteiger partial charge in [-0.25, -0.2) is 4.39 Å². The minimum absolute atomic E-state index is 0.0433. The lowest BCUT2D eigenvalue weighted by Gasteiger charge is -2.32. The molecule has 0 saturated carbocycles. The lowest BCUT2D eigenvalue weighted by molar-refractivity contribution is -0.139. The maximum Gasteiger partial charge on any atom is 0.243 e. The minimum atomic E-state index is -0.651. The molecule has 0 unspecified atom stereocenters. The van der Waals surface area contributed by atoms with Crippen LogP contribution in [0.25, 0.3) is 0 Å². The molecule has 0 radical (unpaired) electrons. The van der Waals surface area contributed by atoms with Gasteiger partial charge in [0.1, 0.15) is 11.9 Å². The number of hydrogen-bond donors (Lipinski definition) is 1. The molecular formula is C28H30BrFN2O2S. The van der Waals surface area contributed by atoms with Gasteiger partial charge in [-0.05, 0) is 54.8 Å². The summed E-state index contributed by atoms with van der Waals surface area (Å²) in [6, 6.07) is 23.1. The summed E-state index contributed by atoms with van der Waals surface area (Å²) in [6.07, 6.45) is 0.421. The van der Waals surface area contributed by atoms with E-state index in [4.69, 9.17) is 0 Å². The molecule has 2 amide bonds. The zero-order valence-electron chi connectivity index (χ0n) is 19.9.